The molecule has 2 heterocycles. The van der Waals surface area contributed by atoms with E-state index >= 15 is 0 Å². The number of hydrogen-bond acceptors (Lipinski definition) is 3. The SMILES string of the molecule is CN1C(=O)C(C(c2ccccc2)c2c[nH]c3ccc(Br)cc23)C(=O)N(C)C1=O. The van der Waals surface area contributed by atoms with Crippen LogP contribution >= 0.6 is 15.9 Å². The lowest BCUT2D eigenvalue weighted by Crippen LogP contribution is -2.58. The van der Waals surface area contributed by atoms with Crippen molar-refractivity contribution in [3.63, 3.8) is 0 Å². The Labute approximate surface area is 170 Å². The van der Waals surface area contributed by atoms with E-state index in [0.717, 1.165) is 36.3 Å². The number of fused-ring (bicyclic) bond motifs is 1. The van der Waals surface area contributed by atoms with Gasteiger partial charge in [0.2, 0.25) is 11.8 Å². The van der Waals surface area contributed by atoms with Crippen LogP contribution in [0.1, 0.15) is 17.0 Å². The summed E-state index contributed by atoms with van der Waals surface area (Å²) in [5, 5.41) is 0.922. The molecule has 7 heteroatoms. The fourth-order valence-electron chi connectivity index (χ4n) is 3.81. The highest BCUT2D eigenvalue weighted by molar-refractivity contribution is 9.10. The first-order chi connectivity index (χ1) is 13.4. The number of hydrogen-bond donors (Lipinski definition) is 1. The van der Waals surface area contributed by atoms with Gasteiger partial charge in [0.1, 0.15) is 5.92 Å². The van der Waals surface area contributed by atoms with Crippen LogP contribution in [-0.2, 0) is 9.59 Å². The Balaban J connectivity index is 1.94. The number of nitrogens with one attached hydrogen (secondary N) is 1. The van der Waals surface area contributed by atoms with E-state index in [1.54, 1.807) is 0 Å². The van der Waals surface area contributed by atoms with Crippen molar-refractivity contribution < 1.29 is 14.4 Å². The third kappa shape index (κ3) is 2.82. The second kappa shape index (κ2) is 6.91. The molecule has 1 aliphatic rings. The Morgan fingerprint density at radius 1 is 0.964 bits per heavy atom. The van der Waals surface area contributed by atoms with Crippen LogP contribution in [-0.4, -0.2) is 46.7 Å². The molecule has 1 aromatic heterocycles. The summed E-state index contributed by atoms with van der Waals surface area (Å²) in [5.41, 5.74) is 2.59. The van der Waals surface area contributed by atoms with E-state index in [-0.39, 0.29) is 0 Å². The van der Waals surface area contributed by atoms with Gasteiger partial charge in [-0.05, 0) is 29.3 Å². The number of halogens is 1. The molecule has 6 nitrogen and oxygen atoms in total. The number of benzene rings is 2. The molecular formula is C21H18BrN3O3. The van der Waals surface area contributed by atoms with Crippen LogP contribution in [0.2, 0.25) is 0 Å². The van der Waals surface area contributed by atoms with Gasteiger partial charge in [0.25, 0.3) is 0 Å². The van der Waals surface area contributed by atoms with Gasteiger partial charge in [0, 0.05) is 41.6 Å². The molecule has 0 saturated carbocycles. The van der Waals surface area contributed by atoms with Crippen molar-refractivity contribution in [3.8, 4) is 0 Å². The third-order valence-electron chi connectivity index (χ3n) is 5.27. The first-order valence-corrected chi connectivity index (χ1v) is 9.60. The zero-order chi connectivity index (χ0) is 20.0. The van der Waals surface area contributed by atoms with E-state index in [1.807, 2.05) is 54.7 Å². The minimum Gasteiger partial charge on any atom is -0.361 e. The molecule has 0 aliphatic carbocycles. The normalized spacial score (nSPS) is 16.9. The van der Waals surface area contributed by atoms with Crippen molar-refractivity contribution in [2.75, 3.05) is 14.1 Å². The molecule has 28 heavy (non-hydrogen) atoms. The number of carbonyl (C=O) groups excluding carboxylic acids is 3. The monoisotopic (exact) mass is 439 g/mol. The lowest BCUT2D eigenvalue weighted by molar-refractivity contribution is -0.148. The molecule has 142 valence electrons. The molecule has 1 unspecified atom stereocenters. The predicted molar refractivity (Wildman–Crippen MR) is 109 cm³/mol. The van der Waals surface area contributed by atoms with Gasteiger partial charge in [-0.25, -0.2) is 4.79 Å². The molecule has 1 saturated heterocycles. The molecule has 4 amide bonds. The van der Waals surface area contributed by atoms with E-state index in [4.69, 9.17) is 0 Å². The lowest BCUT2D eigenvalue weighted by Gasteiger charge is -2.36. The average molecular weight is 440 g/mol. The number of H-pyrrole nitrogens is 1. The molecule has 1 aliphatic heterocycles. The Morgan fingerprint density at radius 2 is 1.61 bits per heavy atom. The summed E-state index contributed by atoms with van der Waals surface area (Å²) in [6.45, 7) is 0. The van der Waals surface area contributed by atoms with Gasteiger partial charge in [0.15, 0.2) is 0 Å². The first-order valence-electron chi connectivity index (χ1n) is 8.80. The smallest absolute Gasteiger partial charge is 0.332 e. The van der Waals surface area contributed by atoms with Crippen molar-refractivity contribution in [1.82, 2.24) is 14.8 Å². The molecule has 0 spiro atoms. The first kappa shape index (κ1) is 18.4. The van der Waals surface area contributed by atoms with E-state index in [2.05, 4.69) is 20.9 Å². The molecule has 2 aromatic carbocycles. The van der Waals surface area contributed by atoms with Gasteiger partial charge in [-0.15, -0.1) is 0 Å². The quantitative estimate of drug-likeness (QED) is 0.631. The summed E-state index contributed by atoms with van der Waals surface area (Å²) in [6.07, 6.45) is 1.84. The van der Waals surface area contributed by atoms with Crippen LogP contribution in [0.15, 0.2) is 59.2 Å². The maximum absolute atomic E-state index is 13.0. The maximum Gasteiger partial charge on any atom is 0.332 e. The highest BCUT2D eigenvalue weighted by atomic mass is 79.9. The highest BCUT2D eigenvalue weighted by Gasteiger charge is 2.47. The Bertz CT molecular complexity index is 1070. The second-order valence-corrected chi connectivity index (χ2v) is 7.79. The minimum atomic E-state index is -1.02. The van der Waals surface area contributed by atoms with Gasteiger partial charge in [-0.2, -0.15) is 0 Å². The van der Waals surface area contributed by atoms with Crippen LogP contribution in [0.5, 0.6) is 0 Å². The third-order valence-corrected chi connectivity index (χ3v) is 5.76. The summed E-state index contributed by atoms with van der Waals surface area (Å²) in [7, 11) is 2.82. The average Bonchev–Trinajstić information content (AvgIpc) is 3.11. The number of barbiturate groups is 1. The molecular weight excluding hydrogens is 422 g/mol. The predicted octanol–water partition coefficient (Wildman–Crippen LogP) is 3.73. The van der Waals surface area contributed by atoms with Crippen molar-refractivity contribution in [1.29, 1.82) is 0 Å². The van der Waals surface area contributed by atoms with Crippen LogP contribution in [0.25, 0.3) is 10.9 Å². The van der Waals surface area contributed by atoms with Crippen molar-refractivity contribution >= 4 is 44.7 Å². The van der Waals surface area contributed by atoms with E-state index in [9.17, 15) is 14.4 Å². The second-order valence-electron chi connectivity index (χ2n) is 6.88. The molecule has 1 fully saturated rings. The Kier molecular flexibility index (Phi) is 4.55. The fourth-order valence-corrected chi connectivity index (χ4v) is 4.17. The van der Waals surface area contributed by atoms with Crippen LogP contribution in [0.3, 0.4) is 0 Å². The van der Waals surface area contributed by atoms with Gasteiger partial charge in [-0.1, -0.05) is 46.3 Å². The number of aromatic nitrogens is 1. The van der Waals surface area contributed by atoms with Gasteiger partial charge < -0.3 is 4.98 Å². The van der Waals surface area contributed by atoms with E-state index in [1.165, 1.54) is 14.1 Å². The summed E-state index contributed by atoms with van der Waals surface area (Å²) in [5.74, 6) is -2.53. The summed E-state index contributed by atoms with van der Waals surface area (Å²) in [4.78, 5) is 43.5. The summed E-state index contributed by atoms with van der Waals surface area (Å²) >= 11 is 3.49. The molecule has 0 radical (unpaired) electrons. The maximum atomic E-state index is 13.0. The summed E-state index contributed by atoms with van der Waals surface area (Å²) in [6, 6.07) is 14.7. The van der Waals surface area contributed by atoms with Gasteiger partial charge in [0.05, 0.1) is 0 Å². The topological polar surface area (TPSA) is 73.5 Å². The summed E-state index contributed by atoms with van der Waals surface area (Å²) < 4.78 is 0.901. The largest absolute Gasteiger partial charge is 0.361 e. The van der Waals surface area contributed by atoms with E-state index < -0.39 is 29.7 Å². The van der Waals surface area contributed by atoms with Crippen molar-refractivity contribution in [2.45, 2.75) is 5.92 Å². The van der Waals surface area contributed by atoms with Crippen LogP contribution in [0, 0.1) is 5.92 Å². The standard InChI is InChI=1S/C21H18BrN3O3/c1-24-19(26)18(20(27)25(2)21(24)28)17(12-6-4-3-5-7-12)15-11-23-16-9-8-13(22)10-14(15)16/h3-11,17-18,23H,1-2H3. The fraction of sp³-hybridized carbons (Fsp3) is 0.190. The van der Waals surface area contributed by atoms with Crippen molar-refractivity contribution in [3.05, 3.63) is 70.3 Å². The number of carbonyl (C=O) groups is 3. The number of urea groups is 1. The van der Waals surface area contributed by atoms with Gasteiger partial charge >= 0.3 is 6.03 Å². The number of amides is 4. The Hall–Kier alpha value is -2.93. The zero-order valence-corrected chi connectivity index (χ0v) is 16.9. The number of imide groups is 2. The molecule has 1 atom stereocenters. The zero-order valence-electron chi connectivity index (χ0n) is 15.3. The molecule has 1 N–H and O–H groups in total. The number of aromatic amines is 1. The molecule has 3 aromatic rings. The Morgan fingerprint density at radius 3 is 2.25 bits per heavy atom. The van der Waals surface area contributed by atoms with E-state index in [0.29, 0.717) is 0 Å². The molecule has 0 bridgehead atoms. The molecule has 4 rings (SSSR count). The number of rotatable bonds is 3. The lowest BCUT2D eigenvalue weighted by atomic mass is 9.78. The van der Waals surface area contributed by atoms with Crippen LogP contribution < -0.4 is 0 Å². The van der Waals surface area contributed by atoms with Crippen LogP contribution in [0.4, 0.5) is 4.79 Å². The minimum absolute atomic E-state index is 0.494. The highest BCUT2D eigenvalue weighted by Crippen LogP contribution is 2.40. The number of nitrogens with zero attached hydrogens (tertiary/aromatic N) is 2. The van der Waals surface area contributed by atoms with Gasteiger partial charge in [-0.3, -0.25) is 19.4 Å². The van der Waals surface area contributed by atoms with Crippen molar-refractivity contribution in [2.24, 2.45) is 5.92 Å².